The minimum Gasteiger partial charge on any atom is -0.329 e. The van der Waals surface area contributed by atoms with Crippen LogP contribution in [-0.2, 0) is 13.6 Å². The summed E-state index contributed by atoms with van der Waals surface area (Å²) in [5.41, 5.74) is 5.60. The van der Waals surface area contributed by atoms with E-state index in [0.29, 0.717) is 0 Å². The number of aromatic nitrogens is 3. The summed E-state index contributed by atoms with van der Waals surface area (Å²) in [6.45, 7) is 7.15. The van der Waals surface area contributed by atoms with E-state index in [9.17, 15) is 0 Å². The lowest BCUT2D eigenvalue weighted by Gasteiger charge is -2.20. The Morgan fingerprint density at radius 2 is 2.00 bits per heavy atom. The molecule has 17 heavy (non-hydrogen) atoms. The molecule has 1 fully saturated rings. The number of nitrogens with zero attached hydrogens (tertiary/aromatic N) is 5. The molecule has 0 aliphatic carbocycles. The highest BCUT2D eigenvalue weighted by Crippen LogP contribution is 2.06. The first-order valence-electron chi connectivity index (χ1n) is 6.27. The number of nitrogens with two attached hydrogens (primary N) is 1. The van der Waals surface area contributed by atoms with Crippen molar-refractivity contribution in [2.24, 2.45) is 12.8 Å². The zero-order chi connectivity index (χ0) is 12.1. The van der Waals surface area contributed by atoms with Gasteiger partial charge in [0.05, 0.1) is 6.54 Å². The smallest absolute Gasteiger partial charge is 0.140 e. The van der Waals surface area contributed by atoms with Crippen molar-refractivity contribution in [3.63, 3.8) is 0 Å². The third-order valence-electron chi connectivity index (χ3n) is 3.30. The average molecular weight is 238 g/mol. The van der Waals surface area contributed by atoms with Gasteiger partial charge in [-0.15, -0.1) is 0 Å². The van der Waals surface area contributed by atoms with Crippen molar-refractivity contribution in [3.05, 3.63) is 12.2 Å². The van der Waals surface area contributed by atoms with Crippen LogP contribution in [0.4, 0.5) is 0 Å². The van der Waals surface area contributed by atoms with Gasteiger partial charge in [0.2, 0.25) is 0 Å². The fraction of sp³-hybridized carbons (Fsp3) is 0.818. The van der Waals surface area contributed by atoms with Gasteiger partial charge in [0.15, 0.2) is 0 Å². The van der Waals surface area contributed by atoms with E-state index in [4.69, 9.17) is 5.73 Å². The summed E-state index contributed by atoms with van der Waals surface area (Å²) in [4.78, 5) is 9.16. The summed E-state index contributed by atoms with van der Waals surface area (Å²) in [7, 11) is 1.95. The van der Waals surface area contributed by atoms with Gasteiger partial charge in [-0.2, -0.15) is 5.10 Å². The highest BCUT2D eigenvalue weighted by molar-refractivity contribution is 4.84. The number of rotatable bonds is 4. The number of hydrogen-bond acceptors (Lipinski definition) is 5. The van der Waals surface area contributed by atoms with Gasteiger partial charge in [0.25, 0.3) is 0 Å². The molecule has 6 nitrogen and oxygen atoms in total. The fourth-order valence-corrected chi connectivity index (χ4v) is 2.25. The van der Waals surface area contributed by atoms with Gasteiger partial charge >= 0.3 is 0 Å². The minimum absolute atomic E-state index is 0.753. The van der Waals surface area contributed by atoms with Crippen LogP contribution in [-0.4, -0.2) is 63.8 Å². The molecule has 6 heteroatoms. The molecule has 1 aliphatic rings. The molecule has 1 aromatic heterocycles. The second kappa shape index (κ2) is 6.09. The minimum atomic E-state index is 0.753. The lowest BCUT2D eigenvalue weighted by Crippen LogP contribution is -2.34. The van der Waals surface area contributed by atoms with Crippen LogP contribution in [0.2, 0.25) is 0 Å². The Labute approximate surface area is 102 Å². The predicted molar refractivity (Wildman–Crippen MR) is 66.4 cm³/mol. The van der Waals surface area contributed by atoms with Crippen molar-refractivity contribution in [1.82, 2.24) is 24.6 Å². The summed E-state index contributed by atoms with van der Waals surface area (Å²) in [5.74, 6) is 1.04. The Bertz CT molecular complexity index is 336. The standard InChI is InChI=1S/C11H22N6/c1-15-11(13-10-14-15)9-17-5-2-4-16(6-3-12)7-8-17/h10H,2-9,12H2,1H3. The molecule has 96 valence electrons. The molecular formula is C11H22N6. The molecule has 2 rings (SSSR count). The number of hydrogen-bond donors (Lipinski definition) is 1. The monoisotopic (exact) mass is 238 g/mol. The maximum Gasteiger partial charge on any atom is 0.140 e. The quantitative estimate of drug-likeness (QED) is 0.750. The van der Waals surface area contributed by atoms with E-state index in [1.165, 1.54) is 6.42 Å². The molecule has 0 saturated carbocycles. The van der Waals surface area contributed by atoms with E-state index in [-0.39, 0.29) is 0 Å². The first kappa shape index (κ1) is 12.5. The molecule has 2 N–H and O–H groups in total. The van der Waals surface area contributed by atoms with E-state index >= 15 is 0 Å². The van der Waals surface area contributed by atoms with Gasteiger partial charge in [-0.1, -0.05) is 0 Å². The molecule has 1 aromatic rings. The molecule has 1 aliphatic heterocycles. The molecule has 0 aromatic carbocycles. The first-order valence-corrected chi connectivity index (χ1v) is 6.27. The lowest BCUT2D eigenvalue weighted by molar-refractivity contribution is 0.248. The molecule has 0 amide bonds. The van der Waals surface area contributed by atoms with Gasteiger partial charge in [-0.05, 0) is 19.5 Å². The van der Waals surface area contributed by atoms with Crippen LogP contribution in [0.15, 0.2) is 6.33 Å². The van der Waals surface area contributed by atoms with E-state index in [1.54, 1.807) is 6.33 Å². The second-order valence-electron chi connectivity index (χ2n) is 4.56. The van der Waals surface area contributed by atoms with Gasteiger partial charge in [-0.3, -0.25) is 9.58 Å². The maximum atomic E-state index is 5.60. The third-order valence-corrected chi connectivity index (χ3v) is 3.30. The zero-order valence-electron chi connectivity index (χ0n) is 10.5. The molecule has 0 bridgehead atoms. The molecule has 1 saturated heterocycles. The Balaban J connectivity index is 1.85. The summed E-state index contributed by atoms with van der Waals surface area (Å²) < 4.78 is 1.85. The van der Waals surface area contributed by atoms with Crippen molar-refractivity contribution >= 4 is 0 Å². The van der Waals surface area contributed by atoms with Crippen LogP contribution in [0.3, 0.4) is 0 Å². The van der Waals surface area contributed by atoms with E-state index in [0.717, 1.165) is 51.6 Å². The summed E-state index contributed by atoms with van der Waals surface area (Å²) in [6.07, 6.45) is 2.83. The van der Waals surface area contributed by atoms with Gasteiger partial charge in [-0.25, -0.2) is 4.98 Å². The Hall–Kier alpha value is -0.980. The summed E-state index contributed by atoms with van der Waals surface area (Å²) in [6, 6.07) is 0. The zero-order valence-corrected chi connectivity index (χ0v) is 10.5. The predicted octanol–water partition coefficient (Wildman–Crippen LogP) is -0.718. The molecular weight excluding hydrogens is 216 g/mol. The molecule has 2 heterocycles. The Morgan fingerprint density at radius 3 is 2.71 bits per heavy atom. The largest absolute Gasteiger partial charge is 0.329 e. The Kier molecular flexibility index (Phi) is 4.47. The van der Waals surface area contributed by atoms with E-state index < -0.39 is 0 Å². The van der Waals surface area contributed by atoms with Gasteiger partial charge < -0.3 is 10.6 Å². The van der Waals surface area contributed by atoms with E-state index in [2.05, 4.69) is 19.9 Å². The second-order valence-corrected chi connectivity index (χ2v) is 4.56. The fourth-order valence-electron chi connectivity index (χ4n) is 2.25. The molecule has 0 unspecified atom stereocenters. The van der Waals surface area contributed by atoms with Crippen LogP contribution >= 0.6 is 0 Å². The highest BCUT2D eigenvalue weighted by atomic mass is 15.3. The Morgan fingerprint density at radius 1 is 1.24 bits per heavy atom. The van der Waals surface area contributed by atoms with Crippen molar-refractivity contribution in [3.8, 4) is 0 Å². The maximum absolute atomic E-state index is 5.60. The topological polar surface area (TPSA) is 63.2 Å². The summed E-state index contributed by atoms with van der Waals surface area (Å²) >= 11 is 0. The molecule has 0 radical (unpaired) electrons. The van der Waals surface area contributed by atoms with Crippen LogP contribution in [0.25, 0.3) is 0 Å². The van der Waals surface area contributed by atoms with Crippen LogP contribution in [0, 0.1) is 0 Å². The number of aryl methyl sites for hydroxylation is 1. The van der Waals surface area contributed by atoms with Crippen molar-refractivity contribution < 1.29 is 0 Å². The van der Waals surface area contributed by atoms with Crippen LogP contribution in [0.5, 0.6) is 0 Å². The average Bonchev–Trinajstić information content (AvgIpc) is 2.59. The summed E-state index contributed by atoms with van der Waals surface area (Å²) in [5, 5.41) is 4.10. The van der Waals surface area contributed by atoms with Gasteiger partial charge in [0, 0.05) is 33.2 Å². The SMILES string of the molecule is Cn1ncnc1CN1CCCN(CCN)CC1. The van der Waals surface area contributed by atoms with Crippen LogP contribution in [0.1, 0.15) is 12.2 Å². The molecule has 0 spiro atoms. The van der Waals surface area contributed by atoms with E-state index in [1.807, 2.05) is 11.7 Å². The first-order chi connectivity index (χ1) is 8.29. The third kappa shape index (κ3) is 3.49. The van der Waals surface area contributed by atoms with Crippen LogP contribution < -0.4 is 5.73 Å². The highest BCUT2D eigenvalue weighted by Gasteiger charge is 2.15. The lowest BCUT2D eigenvalue weighted by atomic mass is 10.3. The van der Waals surface area contributed by atoms with Crippen molar-refractivity contribution in [1.29, 1.82) is 0 Å². The van der Waals surface area contributed by atoms with Gasteiger partial charge in [0.1, 0.15) is 12.2 Å². The van der Waals surface area contributed by atoms with Crippen molar-refractivity contribution in [2.45, 2.75) is 13.0 Å². The van der Waals surface area contributed by atoms with Crippen molar-refractivity contribution in [2.75, 3.05) is 39.3 Å². The normalized spacial score (nSPS) is 19.4. The molecule has 0 atom stereocenters.